The van der Waals surface area contributed by atoms with E-state index in [0.29, 0.717) is 13.1 Å². The lowest BCUT2D eigenvalue weighted by atomic mass is 10.0. The highest BCUT2D eigenvalue weighted by atomic mass is 32.1. The van der Waals surface area contributed by atoms with E-state index in [-0.39, 0.29) is 24.3 Å². The van der Waals surface area contributed by atoms with Gasteiger partial charge < -0.3 is 10.2 Å². The summed E-state index contributed by atoms with van der Waals surface area (Å²) in [5.74, 6) is 0.0819. The molecule has 0 radical (unpaired) electrons. The number of carbonyl (C=O) groups is 2. The van der Waals surface area contributed by atoms with Crippen LogP contribution in [0.2, 0.25) is 0 Å². The number of hydrogen-bond acceptors (Lipinski definition) is 5. The fraction of sp³-hybridized carbons (Fsp3) is 0.412. The molecule has 24 heavy (non-hydrogen) atoms. The monoisotopic (exact) mass is 344 g/mol. The highest BCUT2D eigenvalue weighted by Crippen LogP contribution is 2.21. The van der Waals surface area contributed by atoms with Crippen LogP contribution < -0.4 is 5.32 Å². The Bertz CT molecular complexity index is 708. The molecule has 0 aromatic carbocycles. The molecule has 126 valence electrons. The van der Waals surface area contributed by atoms with E-state index in [4.69, 9.17) is 0 Å². The first kappa shape index (κ1) is 16.6. The van der Waals surface area contributed by atoms with Gasteiger partial charge in [-0.1, -0.05) is 6.07 Å². The molecule has 1 fully saturated rings. The van der Waals surface area contributed by atoms with Crippen LogP contribution in [0.15, 0.2) is 29.8 Å². The summed E-state index contributed by atoms with van der Waals surface area (Å²) in [7, 11) is 0. The average molecular weight is 344 g/mol. The summed E-state index contributed by atoms with van der Waals surface area (Å²) in [6.45, 7) is 3.00. The number of rotatable bonds is 4. The number of piperidine rings is 1. The number of hydrogen-bond donors (Lipinski definition) is 1. The van der Waals surface area contributed by atoms with Crippen LogP contribution >= 0.6 is 11.3 Å². The number of thiazole rings is 1. The smallest absolute Gasteiger partial charge is 0.226 e. The van der Waals surface area contributed by atoms with Crippen molar-refractivity contribution in [3.8, 4) is 10.7 Å². The van der Waals surface area contributed by atoms with Crippen molar-refractivity contribution in [2.24, 2.45) is 0 Å². The van der Waals surface area contributed by atoms with Gasteiger partial charge in [0.2, 0.25) is 11.8 Å². The lowest BCUT2D eigenvalue weighted by molar-refractivity contribution is -0.130. The summed E-state index contributed by atoms with van der Waals surface area (Å²) in [5, 5.41) is 5.78. The lowest BCUT2D eigenvalue weighted by Crippen LogP contribution is -2.46. The van der Waals surface area contributed by atoms with E-state index in [0.717, 1.165) is 29.2 Å². The lowest BCUT2D eigenvalue weighted by Gasteiger charge is -2.31. The second-order valence-corrected chi connectivity index (χ2v) is 6.74. The fourth-order valence-electron chi connectivity index (χ4n) is 2.78. The molecule has 1 aliphatic heterocycles. The topological polar surface area (TPSA) is 75.2 Å². The van der Waals surface area contributed by atoms with Crippen LogP contribution in [0.3, 0.4) is 0 Å². The minimum absolute atomic E-state index is 0.0193. The second kappa shape index (κ2) is 7.53. The van der Waals surface area contributed by atoms with Gasteiger partial charge >= 0.3 is 0 Å². The minimum Gasteiger partial charge on any atom is -0.353 e. The van der Waals surface area contributed by atoms with Crippen LogP contribution in [0.4, 0.5) is 0 Å². The zero-order valence-corrected chi connectivity index (χ0v) is 14.4. The minimum atomic E-state index is -0.0193. The molecule has 0 atom stereocenters. The highest BCUT2D eigenvalue weighted by molar-refractivity contribution is 7.13. The van der Waals surface area contributed by atoms with Gasteiger partial charge in [-0.2, -0.15) is 0 Å². The van der Waals surface area contributed by atoms with Crippen LogP contribution in [-0.4, -0.2) is 45.8 Å². The molecule has 6 nitrogen and oxygen atoms in total. The van der Waals surface area contributed by atoms with E-state index >= 15 is 0 Å². The number of pyridine rings is 1. The number of nitrogens with one attached hydrogen (secondary N) is 1. The molecule has 0 saturated carbocycles. The van der Waals surface area contributed by atoms with Crippen molar-refractivity contribution in [3.63, 3.8) is 0 Å². The van der Waals surface area contributed by atoms with E-state index < -0.39 is 0 Å². The van der Waals surface area contributed by atoms with Gasteiger partial charge in [-0.05, 0) is 25.0 Å². The van der Waals surface area contributed by atoms with Gasteiger partial charge in [-0.3, -0.25) is 14.6 Å². The van der Waals surface area contributed by atoms with Gasteiger partial charge in [-0.25, -0.2) is 4.98 Å². The first-order chi connectivity index (χ1) is 11.6. The second-order valence-electron chi connectivity index (χ2n) is 5.88. The molecule has 2 aromatic heterocycles. The Labute approximate surface area is 144 Å². The maximum Gasteiger partial charge on any atom is 0.226 e. The molecular weight excluding hydrogens is 324 g/mol. The van der Waals surface area contributed by atoms with Crippen LogP contribution in [-0.2, 0) is 16.0 Å². The number of carbonyl (C=O) groups excluding carboxylic acids is 2. The number of aromatic nitrogens is 2. The van der Waals surface area contributed by atoms with Gasteiger partial charge in [0.15, 0.2) is 0 Å². The molecule has 1 N–H and O–H groups in total. The number of nitrogens with zero attached hydrogens (tertiary/aromatic N) is 3. The molecule has 3 heterocycles. The van der Waals surface area contributed by atoms with E-state index in [1.165, 1.54) is 11.3 Å². The first-order valence-corrected chi connectivity index (χ1v) is 8.90. The average Bonchev–Trinajstić information content (AvgIpc) is 3.04. The van der Waals surface area contributed by atoms with Crippen molar-refractivity contribution in [1.29, 1.82) is 0 Å². The van der Waals surface area contributed by atoms with Gasteiger partial charge in [0.05, 0.1) is 17.8 Å². The predicted octanol–water partition coefficient (Wildman–Crippen LogP) is 1.87. The summed E-state index contributed by atoms with van der Waals surface area (Å²) in [4.78, 5) is 34.1. The number of likely N-dealkylation sites (tertiary alicyclic amines) is 1. The van der Waals surface area contributed by atoms with Crippen molar-refractivity contribution >= 4 is 23.2 Å². The van der Waals surface area contributed by atoms with E-state index in [1.807, 2.05) is 28.5 Å². The fourth-order valence-corrected chi connectivity index (χ4v) is 3.57. The third-order valence-electron chi connectivity index (χ3n) is 4.08. The first-order valence-electron chi connectivity index (χ1n) is 8.02. The third-order valence-corrected chi connectivity index (χ3v) is 5.00. The van der Waals surface area contributed by atoms with E-state index in [1.54, 1.807) is 13.1 Å². The predicted molar refractivity (Wildman–Crippen MR) is 92.5 cm³/mol. The summed E-state index contributed by atoms with van der Waals surface area (Å²) in [5.41, 5.74) is 1.59. The van der Waals surface area contributed by atoms with Crippen molar-refractivity contribution in [2.75, 3.05) is 13.1 Å². The van der Waals surface area contributed by atoms with Crippen LogP contribution in [0, 0.1) is 0 Å². The summed E-state index contributed by atoms with van der Waals surface area (Å²) in [6.07, 6.45) is 3.62. The van der Waals surface area contributed by atoms with Gasteiger partial charge in [-0.15, -0.1) is 11.3 Å². The molecule has 7 heteroatoms. The van der Waals surface area contributed by atoms with Crippen LogP contribution in [0.5, 0.6) is 0 Å². The van der Waals surface area contributed by atoms with E-state index in [9.17, 15) is 9.59 Å². The zero-order valence-electron chi connectivity index (χ0n) is 13.6. The SMILES string of the molecule is CC(=O)N1CCC(NC(=O)Cc2csc(-c3ccccn3)n2)CC1. The van der Waals surface area contributed by atoms with E-state index in [2.05, 4.69) is 15.3 Å². The Balaban J connectivity index is 1.51. The Morgan fingerprint density at radius 3 is 2.79 bits per heavy atom. The largest absolute Gasteiger partial charge is 0.353 e. The van der Waals surface area contributed by atoms with Crippen molar-refractivity contribution < 1.29 is 9.59 Å². The Morgan fingerprint density at radius 1 is 1.33 bits per heavy atom. The Hall–Kier alpha value is -2.28. The van der Waals surface area contributed by atoms with Gasteiger partial charge in [0.1, 0.15) is 5.01 Å². The van der Waals surface area contributed by atoms with Gasteiger partial charge in [0.25, 0.3) is 0 Å². The van der Waals surface area contributed by atoms with Crippen molar-refractivity contribution in [3.05, 3.63) is 35.5 Å². The summed E-state index contributed by atoms with van der Waals surface area (Å²) in [6, 6.07) is 5.83. The normalized spacial score (nSPS) is 15.3. The molecule has 0 unspecified atom stereocenters. The standard InChI is InChI=1S/C17H20N4O2S/c1-12(22)21-8-5-13(6-9-21)19-16(23)10-14-11-24-17(20-14)15-4-2-3-7-18-15/h2-4,7,11,13H,5-6,8-10H2,1H3,(H,19,23). The summed E-state index contributed by atoms with van der Waals surface area (Å²) >= 11 is 1.50. The molecular formula is C17H20N4O2S. The molecule has 0 spiro atoms. The van der Waals surface area contributed by atoms with Crippen molar-refractivity contribution in [1.82, 2.24) is 20.2 Å². The third kappa shape index (κ3) is 4.17. The molecule has 0 aliphatic carbocycles. The Morgan fingerprint density at radius 2 is 2.12 bits per heavy atom. The highest BCUT2D eigenvalue weighted by Gasteiger charge is 2.22. The molecule has 3 rings (SSSR count). The maximum absolute atomic E-state index is 12.2. The van der Waals surface area contributed by atoms with Crippen molar-refractivity contribution in [2.45, 2.75) is 32.2 Å². The number of amides is 2. The quantitative estimate of drug-likeness (QED) is 0.919. The zero-order chi connectivity index (χ0) is 16.9. The van der Waals surface area contributed by atoms with Crippen LogP contribution in [0.1, 0.15) is 25.5 Å². The van der Waals surface area contributed by atoms with Crippen LogP contribution in [0.25, 0.3) is 10.7 Å². The maximum atomic E-state index is 12.2. The summed E-state index contributed by atoms with van der Waals surface area (Å²) < 4.78 is 0. The molecule has 2 amide bonds. The molecule has 1 saturated heterocycles. The molecule has 0 bridgehead atoms. The van der Waals surface area contributed by atoms with Gasteiger partial charge in [0, 0.05) is 37.6 Å². The Kier molecular flexibility index (Phi) is 5.20. The molecule has 1 aliphatic rings. The molecule has 2 aromatic rings.